The minimum Gasteiger partial charge on any atom is -0.379 e. The van der Waals surface area contributed by atoms with Crippen molar-refractivity contribution in [1.29, 1.82) is 0 Å². The van der Waals surface area contributed by atoms with E-state index in [4.69, 9.17) is 4.74 Å². The molecule has 1 saturated carbocycles. The normalized spacial score (nSPS) is 26.5. The molecule has 3 nitrogen and oxygen atoms in total. The van der Waals surface area contributed by atoms with Crippen molar-refractivity contribution in [3.8, 4) is 0 Å². The molecular weight excluding hydrogens is 236 g/mol. The van der Waals surface area contributed by atoms with Crippen LogP contribution in [0.4, 0.5) is 0 Å². The highest BCUT2D eigenvalue weighted by atomic mass is 16.5. The van der Waals surface area contributed by atoms with E-state index in [9.17, 15) is 0 Å². The Morgan fingerprint density at radius 3 is 2.58 bits per heavy atom. The highest BCUT2D eigenvalue weighted by molar-refractivity contribution is 5.00. The summed E-state index contributed by atoms with van der Waals surface area (Å²) in [5.41, 5.74) is 0.417. The van der Waals surface area contributed by atoms with E-state index in [1.165, 1.54) is 45.2 Å². The van der Waals surface area contributed by atoms with Gasteiger partial charge < -0.3 is 10.1 Å². The highest BCUT2D eigenvalue weighted by Crippen LogP contribution is 2.37. The first kappa shape index (κ1) is 15.3. The zero-order chi connectivity index (χ0) is 13.9. The molecule has 1 aliphatic heterocycles. The average molecular weight is 268 g/mol. The second kappa shape index (κ2) is 6.11. The Kier molecular flexibility index (Phi) is 4.91. The van der Waals surface area contributed by atoms with Crippen LogP contribution in [0.15, 0.2) is 0 Å². The number of nitrogens with one attached hydrogen (secondary N) is 1. The summed E-state index contributed by atoms with van der Waals surface area (Å²) in [6.07, 6.45) is 8.09. The molecule has 3 heteroatoms. The number of methoxy groups -OCH3 is 1. The van der Waals surface area contributed by atoms with Gasteiger partial charge in [-0.25, -0.2) is 0 Å². The fourth-order valence-corrected chi connectivity index (χ4v) is 4.13. The Hall–Kier alpha value is -0.120. The van der Waals surface area contributed by atoms with Crippen LogP contribution in [0.25, 0.3) is 0 Å². The minimum absolute atomic E-state index is 0.0137. The van der Waals surface area contributed by atoms with Gasteiger partial charge in [0.05, 0.1) is 5.60 Å². The van der Waals surface area contributed by atoms with Crippen LogP contribution in [-0.2, 0) is 4.74 Å². The van der Waals surface area contributed by atoms with Crippen molar-refractivity contribution in [1.82, 2.24) is 10.2 Å². The molecule has 0 bridgehead atoms. The Bertz CT molecular complexity index is 276. The van der Waals surface area contributed by atoms with E-state index in [0.29, 0.717) is 11.6 Å². The van der Waals surface area contributed by atoms with Gasteiger partial charge in [0.25, 0.3) is 0 Å². The standard InChI is InChI=1S/C16H32N2O/c1-14(12-15(2,3)19-4)18-11-10-17-13-16(18)8-6-5-7-9-16/h14,17H,5-13H2,1-4H3. The Balaban J connectivity index is 2.06. The summed E-state index contributed by atoms with van der Waals surface area (Å²) in [5, 5.41) is 3.63. The number of hydrogen-bond acceptors (Lipinski definition) is 3. The van der Waals surface area contributed by atoms with E-state index in [-0.39, 0.29) is 5.60 Å². The zero-order valence-electron chi connectivity index (χ0n) is 13.3. The number of rotatable bonds is 4. The van der Waals surface area contributed by atoms with Crippen molar-refractivity contribution in [3.63, 3.8) is 0 Å². The lowest BCUT2D eigenvalue weighted by atomic mass is 9.77. The predicted molar refractivity (Wildman–Crippen MR) is 80.6 cm³/mol. The number of piperazine rings is 1. The lowest BCUT2D eigenvalue weighted by Gasteiger charge is -2.53. The molecule has 2 fully saturated rings. The monoisotopic (exact) mass is 268 g/mol. The molecule has 1 N–H and O–H groups in total. The largest absolute Gasteiger partial charge is 0.379 e. The quantitative estimate of drug-likeness (QED) is 0.848. The van der Waals surface area contributed by atoms with Crippen LogP contribution in [0.5, 0.6) is 0 Å². The SMILES string of the molecule is COC(C)(C)CC(C)N1CCNCC12CCCCC2. The predicted octanol–water partition coefficient (Wildman–Crippen LogP) is 2.80. The third-order valence-corrected chi connectivity index (χ3v) is 5.25. The Morgan fingerprint density at radius 1 is 1.26 bits per heavy atom. The van der Waals surface area contributed by atoms with E-state index in [1.807, 2.05) is 7.11 Å². The molecule has 2 rings (SSSR count). The smallest absolute Gasteiger partial charge is 0.0637 e. The van der Waals surface area contributed by atoms with Gasteiger partial charge in [-0.1, -0.05) is 19.3 Å². The third-order valence-electron chi connectivity index (χ3n) is 5.25. The van der Waals surface area contributed by atoms with Crippen LogP contribution in [-0.4, -0.2) is 48.8 Å². The summed E-state index contributed by atoms with van der Waals surface area (Å²) in [6, 6.07) is 0.607. The van der Waals surface area contributed by atoms with Gasteiger partial charge in [-0.15, -0.1) is 0 Å². The molecule has 0 amide bonds. The van der Waals surface area contributed by atoms with Gasteiger partial charge in [-0.3, -0.25) is 4.90 Å². The van der Waals surface area contributed by atoms with Gasteiger partial charge in [-0.05, 0) is 40.0 Å². The van der Waals surface area contributed by atoms with Gasteiger partial charge in [0.1, 0.15) is 0 Å². The third kappa shape index (κ3) is 3.50. The van der Waals surface area contributed by atoms with Crippen molar-refractivity contribution < 1.29 is 4.74 Å². The van der Waals surface area contributed by atoms with E-state index < -0.39 is 0 Å². The van der Waals surface area contributed by atoms with Crippen molar-refractivity contribution >= 4 is 0 Å². The molecule has 1 saturated heterocycles. The van der Waals surface area contributed by atoms with Crippen molar-refractivity contribution in [2.45, 2.75) is 76.5 Å². The van der Waals surface area contributed by atoms with Gasteiger partial charge in [0.2, 0.25) is 0 Å². The fourth-order valence-electron chi connectivity index (χ4n) is 4.13. The molecule has 112 valence electrons. The topological polar surface area (TPSA) is 24.5 Å². The van der Waals surface area contributed by atoms with E-state index in [1.54, 1.807) is 0 Å². The van der Waals surface area contributed by atoms with Gasteiger partial charge in [0.15, 0.2) is 0 Å². The summed E-state index contributed by atoms with van der Waals surface area (Å²) in [4.78, 5) is 2.80. The van der Waals surface area contributed by atoms with Crippen LogP contribution < -0.4 is 5.32 Å². The Morgan fingerprint density at radius 2 is 1.95 bits per heavy atom. The first-order valence-electron chi connectivity index (χ1n) is 8.02. The van der Waals surface area contributed by atoms with E-state index in [2.05, 4.69) is 31.0 Å². The molecule has 1 unspecified atom stereocenters. The van der Waals surface area contributed by atoms with Crippen molar-refractivity contribution in [2.24, 2.45) is 0 Å². The lowest BCUT2D eigenvalue weighted by Crippen LogP contribution is -2.64. The van der Waals surface area contributed by atoms with Crippen molar-refractivity contribution in [2.75, 3.05) is 26.7 Å². The van der Waals surface area contributed by atoms with Crippen LogP contribution in [0.3, 0.4) is 0 Å². The zero-order valence-corrected chi connectivity index (χ0v) is 13.3. The molecule has 19 heavy (non-hydrogen) atoms. The van der Waals surface area contributed by atoms with Gasteiger partial charge in [0, 0.05) is 38.3 Å². The number of ether oxygens (including phenoxy) is 1. The summed E-state index contributed by atoms with van der Waals surface area (Å²) in [5.74, 6) is 0. The van der Waals surface area contributed by atoms with Gasteiger partial charge >= 0.3 is 0 Å². The molecule has 1 aliphatic carbocycles. The summed E-state index contributed by atoms with van der Waals surface area (Å²) in [7, 11) is 1.83. The second-order valence-electron chi connectivity index (χ2n) is 7.17. The van der Waals surface area contributed by atoms with Crippen LogP contribution in [0.1, 0.15) is 59.3 Å². The van der Waals surface area contributed by atoms with E-state index >= 15 is 0 Å². The summed E-state index contributed by atoms with van der Waals surface area (Å²) >= 11 is 0. The van der Waals surface area contributed by atoms with E-state index in [0.717, 1.165) is 13.0 Å². The number of hydrogen-bond donors (Lipinski definition) is 1. The van der Waals surface area contributed by atoms with Gasteiger partial charge in [-0.2, -0.15) is 0 Å². The molecular formula is C16H32N2O. The first-order chi connectivity index (χ1) is 8.99. The minimum atomic E-state index is -0.0137. The molecule has 0 aromatic rings. The summed E-state index contributed by atoms with van der Waals surface area (Å²) in [6.45, 7) is 10.3. The maximum absolute atomic E-state index is 5.63. The first-order valence-corrected chi connectivity index (χ1v) is 8.02. The number of nitrogens with zero attached hydrogens (tertiary/aromatic N) is 1. The Labute approximate surface area is 119 Å². The molecule has 2 aliphatic rings. The summed E-state index contributed by atoms with van der Waals surface area (Å²) < 4.78 is 5.63. The average Bonchev–Trinajstić information content (AvgIpc) is 2.39. The van der Waals surface area contributed by atoms with Crippen LogP contribution >= 0.6 is 0 Å². The highest BCUT2D eigenvalue weighted by Gasteiger charge is 2.42. The molecule has 1 spiro atoms. The van der Waals surface area contributed by atoms with Crippen molar-refractivity contribution in [3.05, 3.63) is 0 Å². The molecule has 1 heterocycles. The molecule has 1 atom stereocenters. The fraction of sp³-hybridized carbons (Fsp3) is 1.00. The maximum atomic E-state index is 5.63. The maximum Gasteiger partial charge on any atom is 0.0637 e. The molecule has 0 radical (unpaired) electrons. The second-order valence-corrected chi connectivity index (χ2v) is 7.17. The lowest BCUT2D eigenvalue weighted by molar-refractivity contribution is -0.0482. The molecule has 0 aromatic carbocycles. The van der Waals surface area contributed by atoms with Crippen LogP contribution in [0, 0.1) is 0 Å². The van der Waals surface area contributed by atoms with Crippen LogP contribution in [0.2, 0.25) is 0 Å². The molecule has 0 aromatic heterocycles.